The minimum absolute atomic E-state index is 0.325. The van der Waals surface area contributed by atoms with Gasteiger partial charge >= 0.3 is 5.97 Å². The highest BCUT2D eigenvalue weighted by Crippen LogP contribution is 2.07. The van der Waals surface area contributed by atoms with Crippen molar-refractivity contribution in [3.8, 4) is 0 Å². The fourth-order valence-electron chi connectivity index (χ4n) is 1.50. The smallest absolute Gasteiger partial charge is 0.331 e. The maximum atomic E-state index is 11.4. The van der Waals surface area contributed by atoms with Crippen LogP contribution in [0.1, 0.15) is 20.8 Å². The molecule has 0 N–H and O–H groups in total. The number of carbonyl (C=O) groups excluding carboxylic acids is 1. The molecule has 106 valence electrons. The molecule has 1 aliphatic rings. The van der Waals surface area contributed by atoms with E-state index in [1.165, 1.54) is 6.08 Å². The van der Waals surface area contributed by atoms with Crippen LogP contribution in [0.5, 0.6) is 0 Å². The number of carbonyl (C=O) groups is 1. The van der Waals surface area contributed by atoms with Crippen LogP contribution < -0.4 is 0 Å². The molecule has 0 aromatic rings. The number of morpholine rings is 1. The van der Waals surface area contributed by atoms with Crippen molar-refractivity contribution >= 4 is 5.97 Å². The van der Waals surface area contributed by atoms with E-state index < -0.39 is 5.60 Å². The molecule has 0 atom stereocenters. The molecule has 1 fully saturated rings. The van der Waals surface area contributed by atoms with Crippen molar-refractivity contribution in [1.82, 2.24) is 4.90 Å². The van der Waals surface area contributed by atoms with Gasteiger partial charge in [0.2, 0.25) is 0 Å². The quantitative estimate of drug-likeness (QED) is 0.444. The first-order valence-corrected chi connectivity index (χ1v) is 6.54. The Balaban J connectivity index is 2.25. The van der Waals surface area contributed by atoms with Crippen LogP contribution in [0.3, 0.4) is 0 Å². The van der Waals surface area contributed by atoms with E-state index in [1.807, 2.05) is 39.1 Å². The molecule has 0 radical (unpaired) electrons. The first-order chi connectivity index (χ1) is 8.97. The SMILES string of the molecule is CC(C)(C)OC(=O)/C=C/C=C/C=C/N1CCOCC1. The highest BCUT2D eigenvalue weighted by Gasteiger charge is 2.13. The van der Waals surface area contributed by atoms with Gasteiger partial charge < -0.3 is 14.4 Å². The molecule has 4 heteroatoms. The van der Waals surface area contributed by atoms with E-state index in [2.05, 4.69) is 4.90 Å². The summed E-state index contributed by atoms with van der Waals surface area (Å²) in [6.07, 6.45) is 10.8. The second kappa shape index (κ2) is 7.79. The van der Waals surface area contributed by atoms with Gasteiger partial charge in [0.15, 0.2) is 0 Å². The van der Waals surface area contributed by atoms with Crippen molar-refractivity contribution < 1.29 is 14.3 Å². The summed E-state index contributed by atoms with van der Waals surface area (Å²) in [7, 11) is 0. The highest BCUT2D eigenvalue weighted by molar-refractivity contribution is 5.82. The van der Waals surface area contributed by atoms with E-state index in [0.717, 1.165) is 26.3 Å². The fraction of sp³-hybridized carbons (Fsp3) is 0.533. The minimum atomic E-state index is -0.443. The molecule has 0 aromatic carbocycles. The number of hydrogen-bond donors (Lipinski definition) is 0. The van der Waals surface area contributed by atoms with Crippen LogP contribution in [0.25, 0.3) is 0 Å². The van der Waals surface area contributed by atoms with Crippen LogP contribution in [0, 0.1) is 0 Å². The maximum absolute atomic E-state index is 11.4. The normalized spacial score (nSPS) is 17.7. The predicted octanol–water partition coefficient (Wildman–Crippen LogP) is 2.29. The zero-order valence-electron chi connectivity index (χ0n) is 12.0. The molecular formula is C15H23NO3. The molecule has 0 spiro atoms. The number of esters is 1. The molecule has 0 amide bonds. The van der Waals surface area contributed by atoms with E-state index >= 15 is 0 Å². The summed E-state index contributed by atoms with van der Waals surface area (Å²) < 4.78 is 10.4. The van der Waals surface area contributed by atoms with E-state index in [-0.39, 0.29) is 5.97 Å². The lowest BCUT2D eigenvalue weighted by Crippen LogP contribution is -2.31. The summed E-state index contributed by atoms with van der Waals surface area (Å²) in [5.74, 6) is -0.325. The predicted molar refractivity (Wildman–Crippen MR) is 75.7 cm³/mol. The first kappa shape index (κ1) is 15.5. The number of rotatable bonds is 4. The van der Waals surface area contributed by atoms with Crippen LogP contribution in [-0.4, -0.2) is 42.8 Å². The van der Waals surface area contributed by atoms with Crippen molar-refractivity contribution in [1.29, 1.82) is 0 Å². The van der Waals surface area contributed by atoms with Gasteiger partial charge in [-0.25, -0.2) is 4.79 Å². The second-order valence-electron chi connectivity index (χ2n) is 5.27. The second-order valence-corrected chi connectivity index (χ2v) is 5.27. The molecular weight excluding hydrogens is 242 g/mol. The van der Waals surface area contributed by atoms with Gasteiger partial charge in [-0.1, -0.05) is 18.2 Å². The van der Waals surface area contributed by atoms with Crippen molar-refractivity contribution in [2.24, 2.45) is 0 Å². The lowest BCUT2D eigenvalue weighted by atomic mass is 10.2. The van der Waals surface area contributed by atoms with Crippen LogP contribution in [0.4, 0.5) is 0 Å². The van der Waals surface area contributed by atoms with Crippen molar-refractivity contribution in [2.45, 2.75) is 26.4 Å². The Labute approximate surface area is 115 Å². The molecule has 1 saturated heterocycles. The van der Waals surface area contributed by atoms with Crippen LogP contribution >= 0.6 is 0 Å². The van der Waals surface area contributed by atoms with E-state index in [1.54, 1.807) is 12.2 Å². The van der Waals surface area contributed by atoms with Gasteiger partial charge in [-0.2, -0.15) is 0 Å². The standard InChI is InChI=1S/C15H23NO3/c1-15(2,3)19-14(17)8-6-4-5-7-9-16-10-12-18-13-11-16/h4-9H,10-13H2,1-3H3/b5-4+,8-6+,9-7+. The molecule has 1 rings (SSSR count). The third-order valence-electron chi connectivity index (χ3n) is 2.31. The van der Waals surface area contributed by atoms with Gasteiger partial charge in [0.25, 0.3) is 0 Å². The summed E-state index contributed by atoms with van der Waals surface area (Å²) in [4.78, 5) is 13.6. The minimum Gasteiger partial charge on any atom is -0.457 e. The summed E-state index contributed by atoms with van der Waals surface area (Å²) >= 11 is 0. The van der Waals surface area contributed by atoms with Crippen LogP contribution in [-0.2, 0) is 14.3 Å². The van der Waals surface area contributed by atoms with Crippen molar-refractivity contribution in [3.63, 3.8) is 0 Å². The van der Waals surface area contributed by atoms with Gasteiger partial charge in [-0.15, -0.1) is 0 Å². The molecule has 19 heavy (non-hydrogen) atoms. The average Bonchev–Trinajstić information content (AvgIpc) is 2.32. The number of nitrogens with zero attached hydrogens (tertiary/aromatic N) is 1. The monoisotopic (exact) mass is 265 g/mol. The summed E-state index contributed by atoms with van der Waals surface area (Å²) in [6.45, 7) is 8.97. The first-order valence-electron chi connectivity index (χ1n) is 6.54. The molecule has 1 aliphatic heterocycles. The zero-order chi connectivity index (χ0) is 14.1. The Morgan fingerprint density at radius 3 is 2.37 bits per heavy atom. The summed E-state index contributed by atoms with van der Waals surface area (Å²) in [6, 6.07) is 0. The zero-order valence-corrected chi connectivity index (χ0v) is 12.0. The summed E-state index contributed by atoms with van der Waals surface area (Å²) in [5, 5.41) is 0. The van der Waals surface area contributed by atoms with Gasteiger partial charge in [-0.05, 0) is 33.0 Å². The number of ether oxygens (including phenoxy) is 2. The third-order valence-corrected chi connectivity index (χ3v) is 2.31. The lowest BCUT2D eigenvalue weighted by molar-refractivity contribution is -0.148. The van der Waals surface area contributed by atoms with Crippen LogP contribution in [0.15, 0.2) is 36.6 Å². The van der Waals surface area contributed by atoms with Crippen LogP contribution in [0.2, 0.25) is 0 Å². The molecule has 0 bridgehead atoms. The Morgan fingerprint density at radius 2 is 1.74 bits per heavy atom. The largest absolute Gasteiger partial charge is 0.457 e. The fourth-order valence-corrected chi connectivity index (χ4v) is 1.50. The Bertz CT molecular complexity index is 358. The summed E-state index contributed by atoms with van der Waals surface area (Å²) in [5.41, 5.74) is -0.443. The van der Waals surface area contributed by atoms with Gasteiger partial charge in [0.1, 0.15) is 5.60 Å². The van der Waals surface area contributed by atoms with Gasteiger partial charge in [-0.3, -0.25) is 0 Å². The van der Waals surface area contributed by atoms with E-state index in [9.17, 15) is 4.79 Å². The van der Waals surface area contributed by atoms with E-state index in [4.69, 9.17) is 9.47 Å². The average molecular weight is 265 g/mol. The molecule has 0 unspecified atom stereocenters. The molecule has 0 aromatic heterocycles. The Morgan fingerprint density at radius 1 is 1.11 bits per heavy atom. The molecule has 0 aliphatic carbocycles. The third kappa shape index (κ3) is 8.21. The molecule has 4 nitrogen and oxygen atoms in total. The van der Waals surface area contributed by atoms with E-state index in [0.29, 0.717) is 0 Å². The van der Waals surface area contributed by atoms with Gasteiger partial charge in [0, 0.05) is 19.2 Å². The Kier molecular flexibility index (Phi) is 6.36. The molecule has 1 heterocycles. The van der Waals surface area contributed by atoms with Crippen molar-refractivity contribution in [2.75, 3.05) is 26.3 Å². The highest BCUT2D eigenvalue weighted by atomic mass is 16.6. The lowest BCUT2D eigenvalue weighted by Gasteiger charge is -2.24. The Hall–Kier alpha value is -1.55. The van der Waals surface area contributed by atoms with Gasteiger partial charge in [0.05, 0.1) is 13.2 Å². The maximum Gasteiger partial charge on any atom is 0.331 e. The van der Waals surface area contributed by atoms with Crippen molar-refractivity contribution in [3.05, 3.63) is 36.6 Å². The number of hydrogen-bond acceptors (Lipinski definition) is 4. The number of allylic oxidation sites excluding steroid dienone is 4. The topological polar surface area (TPSA) is 38.8 Å². The molecule has 0 saturated carbocycles.